The summed E-state index contributed by atoms with van der Waals surface area (Å²) in [7, 11) is 0. The summed E-state index contributed by atoms with van der Waals surface area (Å²) in [6, 6.07) is 16.8. The van der Waals surface area contributed by atoms with Crippen molar-refractivity contribution >= 4 is 0 Å². The molecular formula is C18H19O. The molecule has 0 bridgehead atoms. The number of rotatable bonds is 6. The van der Waals surface area contributed by atoms with E-state index >= 15 is 0 Å². The Kier molecular flexibility index (Phi) is 4.79. The number of aryl methyl sites for hydroxylation is 1. The molecule has 0 aliphatic rings. The molecule has 97 valence electrons. The minimum absolute atomic E-state index is 0.540. The second-order valence-corrected chi connectivity index (χ2v) is 4.43. The summed E-state index contributed by atoms with van der Waals surface area (Å²) >= 11 is 0. The smallest absolute Gasteiger partial charge is 0.119 e. The van der Waals surface area contributed by atoms with E-state index in [4.69, 9.17) is 4.74 Å². The Morgan fingerprint density at radius 1 is 1.00 bits per heavy atom. The third kappa shape index (κ3) is 3.72. The van der Waals surface area contributed by atoms with Crippen molar-refractivity contribution < 1.29 is 4.74 Å². The van der Waals surface area contributed by atoms with Crippen molar-refractivity contribution in [2.75, 3.05) is 6.61 Å². The van der Waals surface area contributed by atoms with E-state index in [0.29, 0.717) is 6.61 Å². The Morgan fingerprint density at radius 2 is 1.79 bits per heavy atom. The van der Waals surface area contributed by atoms with Crippen molar-refractivity contribution in [2.45, 2.75) is 12.8 Å². The quantitative estimate of drug-likeness (QED) is 0.677. The Hall–Kier alpha value is -2.02. The van der Waals surface area contributed by atoms with E-state index in [2.05, 4.69) is 49.9 Å². The van der Waals surface area contributed by atoms with Crippen LogP contribution in [0.1, 0.15) is 12.0 Å². The average molecular weight is 251 g/mol. The molecule has 0 N–H and O–H groups in total. The standard InChI is InChI=1S/C18H19O/c1-3-6-15-7-5-8-17(14-15)16-9-11-18(12-10-16)19-13-4-2/h4-5,7-12,14H,1-3,6,13H2. The molecular weight excluding hydrogens is 232 g/mol. The minimum Gasteiger partial charge on any atom is -0.490 e. The second kappa shape index (κ2) is 6.79. The lowest BCUT2D eigenvalue weighted by Crippen LogP contribution is -1.92. The van der Waals surface area contributed by atoms with Crippen molar-refractivity contribution in [3.05, 3.63) is 73.7 Å². The normalized spacial score (nSPS) is 10.2. The fourth-order valence-electron chi connectivity index (χ4n) is 2.01. The van der Waals surface area contributed by atoms with Gasteiger partial charge < -0.3 is 4.74 Å². The molecule has 0 aromatic heterocycles. The summed E-state index contributed by atoms with van der Waals surface area (Å²) in [6.07, 6.45) is 3.70. The molecule has 19 heavy (non-hydrogen) atoms. The van der Waals surface area contributed by atoms with Gasteiger partial charge in [-0.05, 0) is 41.7 Å². The van der Waals surface area contributed by atoms with Gasteiger partial charge in [-0.3, -0.25) is 0 Å². The maximum atomic E-state index is 5.48. The first-order chi connectivity index (χ1) is 9.33. The fourth-order valence-corrected chi connectivity index (χ4v) is 2.01. The largest absolute Gasteiger partial charge is 0.490 e. The van der Waals surface area contributed by atoms with Gasteiger partial charge >= 0.3 is 0 Å². The summed E-state index contributed by atoms with van der Waals surface area (Å²) in [4.78, 5) is 0. The highest BCUT2D eigenvalue weighted by molar-refractivity contribution is 5.64. The molecule has 1 radical (unpaired) electrons. The molecule has 0 spiro atoms. The van der Waals surface area contributed by atoms with Crippen LogP contribution in [0.3, 0.4) is 0 Å². The molecule has 2 aromatic carbocycles. The molecule has 0 unspecified atom stereocenters. The highest BCUT2D eigenvalue weighted by Gasteiger charge is 2.00. The lowest BCUT2D eigenvalue weighted by atomic mass is 10.0. The van der Waals surface area contributed by atoms with E-state index < -0.39 is 0 Å². The molecule has 1 nitrogen and oxygen atoms in total. The lowest BCUT2D eigenvalue weighted by molar-refractivity contribution is 0.363. The van der Waals surface area contributed by atoms with Crippen LogP contribution < -0.4 is 4.74 Å². The van der Waals surface area contributed by atoms with E-state index in [9.17, 15) is 0 Å². The summed E-state index contributed by atoms with van der Waals surface area (Å²) in [5.41, 5.74) is 3.78. The van der Waals surface area contributed by atoms with E-state index in [1.165, 1.54) is 16.7 Å². The second-order valence-electron chi connectivity index (χ2n) is 4.43. The molecule has 2 aromatic rings. The molecule has 0 saturated carbocycles. The van der Waals surface area contributed by atoms with Crippen molar-refractivity contribution in [3.63, 3.8) is 0 Å². The SMILES string of the molecule is [CH2]CCc1cccc(-c2ccc(OCC=C)cc2)c1. The fraction of sp³-hybridized carbons (Fsp3) is 0.167. The van der Waals surface area contributed by atoms with Crippen LogP contribution in [-0.2, 0) is 6.42 Å². The Morgan fingerprint density at radius 3 is 2.47 bits per heavy atom. The van der Waals surface area contributed by atoms with Crippen LogP contribution >= 0.6 is 0 Å². The minimum atomic E-state index is 0.540. The summed E-state index contributed by atoms with van der Waals surface area (Å²) in [5.74, 6) is 0.873. The third-order valence-electron chi connectivity index (χ3n) is 2.95. The predicted octanol–water partition coefficient (Wildman–Crippen LogP) is 4.69. The summed E-state index contributed by atoms with van der Waals surface area (Å²) in [6.45, 7) is 8.08. The number of hydrogen-bond acceptors (Lipinski definition) is 1. The van der Waals surface area contributed by atoms with Crippen LogP contribution in [0, 0.1) is 6.92 Å². The number of hydrogen-bond donors (Lipinski definition) is 0. The van der Waals surface area contributed by atoms with Gasteiger partial charge in [-0.1, -0.05) is 56.0 Å². The van der Waals surface area contributed by atoms with Gasteiger partial charge in [0.05, 0.1) is 0 Å². The van der Waals surface area contributed by atoms with Crippen LogP contribution in [0.2, 0.25) is 0 Å². The van der Waals surface area contributed by atoms with Crippen LogP contribution in [0.15, 0.2) is 61.2 Å². The summed E-state index contributed by atoms with van der Waals surface area (Å²) < 4.78 is 5.48. The highest BCUT2D eigenvalue weighted by Crippen LogP contribution is 2.23. The molecule has 2 rings (SSSR count). The highest BCUT2D eigenvalue weighted by atomic mass is 16.5. The monoisotopic (exact) mass is 251 g/mol. The van der Waals surface area contributed by atoms with E-state index in [1.807, 2.05) is 12.1 Å². The van der Waals surface area contributed by atoms with Crippen LogP contribution in [-0.4, -0.2) is 6.61 Å². The molecule has 0 fully saturated rings. The summed E-state index contributed by atoms with van der Waals surface area (Å²) in [5, 5.41) is 0. The lowest BCUT2D eigenvalue weighted by Gasteiger charge is -2.07. The predicted molar refractivity (Wildman–Crippen MR) is 81.2 cm³/mol. The van der Waals surface area contributed by atoms with Crippen molar-refractivity contribution in [2.24, 2.45) is 0 Å². The Bertz CT molecular complexity index is 526. The van der Waals surface area contributed by atoms with Crippen LogP contribution in [0.25, 0.3) is 11.1 Å². The number of benzene rings is 2. The molecule has 0 saturated heterocycles. The molecule has 1 heteroatoms. The zero-order valence-corrected chi connectivity index (χ0v) is 11.1. The van der Waals surface area contributed by atoms with Gasteiger partial charge in [0, 0.05) is 0 Å². The Labute approximate surface area is 115 Å². The van der Waals surface area contributed by atoms with Crippen molar-refractivity contribution in [1.82, 2.24) is 0 Å². The Balaban J connectivity index is 2.17. The van der Waals surface area contributed by atoms with Gasteiger partial charge in [0.25, 0.3) is 0 Å². The maximum absolute atomic E-state index is 5.48. The van der Waals surface area contributed by atoms with Crippen molar-refractivity contribution in [1.29, 1.82) is 0 Å². The molecule has 0 amide bonds. The molecule has 0 aliphatic heterocycles. The van der Waals surface area contributed by atoms with Gasteiger partial charge in [-0.15, -0.1) is 0 Å². The van der Waals surface area contributed by atoms with E-state index in [0.717, 1.165) is 18.6 Å². The van der Waals surface area contributed by atoms with Crippen LogP contribution in [0.5, 0.6) is 5.75 Å². The van der Waals surface area contributed by atoms with Gasteiger partial charge in [-0.2, -0.15) is 0 Å². The van der Waals surface area contributed by atoms with Gasteiger partial charge in [-0.25, -0.2) is 0 Å². The third-order valence-corrected chi connectivity index (χ3v) is 2.95. The first kappa shape index (κ1) is 13.4. The topological polar surface area (TPSA) is 9.23 Å². The number of ether oxygens (including phenoxy) is 1. The van der Waals surface area contributed by atoms with Gasteiger partial charge in [0.2, 0.25) is 0 Å². The maximum Gasteiger partial charge on any atom is 0.119 e. The van der Waals surface area contributed by atoms with Gasteiger partial charge in [0.1, 0.15) is 12.4 Å². The van der Waals surface area contributed by atoms with E-state index in [1.54, 1.807) is 6.08 Å². The van der Waals surface area contributed by atoms with Crippen molar-refractivity contribution in [3.8, 4) is 16.9 Å². The first-order valence-electron chi connectivity index (χ1n) is 6.56. The molecule has 0 aliphatic carbocycles. The molecule has 0 atom stereocenters. The average Bonchev–Trinajstić information content (AvgIpc) is 2.46. The van der Waals surface area contributed by atoms with Crippen LogP contribution in [0.4, 0.5) is 0 Å². The van der Waals surface area contributed by atoms with E-state index in [-0.39, 0.29) is 0 Å². The zero-order chi connectivity index (χ0) is 13.5. The van der Waals surface area contributed by atoms with Gasteiger partial charge in [0.15, 0.2) is 0 Å². The first-order valence-corrected chi connectivity index (χ1v) is 6.56. The zero-order valence-electron chi connectivity index (χ0n) is 11.1. The molecule has 0 heterocycles.